The van der Waals surface area contributed by atoms with Crippen molar-refractivity contribution in [2.75, 3.05) is 13.1 Å². The van der Waals surface area contributed by atoms with Crippen LogP contribution in [-0.2, 0) is 4.79 Å². The van der Waals surface area contributed by atoms with Crippen LogP contribution >= 0.6 is 0 Å². The van der Waals surface area contributed by atoms with Gasteiger partial charge < -0.3 is 4.90 Å². The maximum absolute atomic E-state index is 13.3. The number of piperidine rings is 1. The Morgan fingerprint density at radius 2 is 2.00 bits per heavy atom. The van der Waals surface area contributed by atoms with Gasteiger partial charge in [0.2, 0.25) is 11.7 Å². The van der Waals surface area contributed by atoms with Crippen LogP contribution in [0.1, 0.15) is 31.4 Å². The number of rotatable bonds is 3. The molecule has 1 aliphatic heterocycles. The van der Waals surface area contributed by atoms with Crippen molar-refractivity contribution in [1.29, 1.82) is 0 Å². The quantitative estimate of drug-likeness (QED) is 0.664. The van der Waals surface area contributed by atoms with Gasteiger partial charge in [0.15, 0.2) is 0 Å². The molecule has 3 aromatic rings. The van der Waals surface area contributed by atoms with Gasteiger partial charge in [-0.3, -0.25) is 9.20 Å². The van der Waals surface area contributed by atoms with Crippen LogP contribution in [0.3, 0.4) is 0 Å². The third-order valence-electron chi connectivity index (χ3n) is 5.07. The SMILES string of the molecule is C=C(C)C(=O)N1CCCC(c2ccnc3ncc(-c4ccc(F)cc4)n23)C1. The Morgan fingerprint density at radius 1 is 1.22 bits per heavy atom. The lowest BCUT2D eigenvalue weighted by Gasteiger charge is -2.33. The van der Waals surface area contributed by atoms with E-state index in [-0.39, 0.29) is 17.6 Å². The average molecular weight is 364 g/mol. The topological polar surface area (TPSA) is 50.5 Å². The first-order valence-electron chi connectivity index (χ1n) is 9.07. The van der Waals surface area contributed by atoms with Crippen molar-refractivity contribution in [3.05, 3.63) is 66.4 Å². The minimum Gasteiger partial charge on any atom is -0.338 e. The van der Waals surface area contributed by atoms with E-state index in [4.69, 9.17) is 0 Å². The van der Waals surface area contributed by atoms with Crippen LogP contribution in [0, 0.1) is 5.82 Å². The fraction of sp³-hybridized carbons (Fsp3) is 0.286. The summed E-state index contributed by atoms with van der Waals surface area (Å²) in [7, 11) is 0. The van der Waals surface area contributed by atoms with E-state index in [1.54, 1.807) is 31.5 Å². The molecule has 1 atom stereocenters. The smallest absolute Gasteiger partial charge is 0.248 e. The highest BCUT2D eigenvalue weighted by Crippen LogP contribution is 2.30. The summed E-state index contributed by atoms with van der Waals surface area (Å²) in [6, 6.07) is 8.36. The monoisotopic (exact) mass is 364 g/mol. The van der Waals surface area contributed by atoms with Crippen LogP contribution in [-0.4, -0.2) is 38.3 Å². The number of carbonyl (C=O) groups excluding carboxylic acids is 1. The maximum Gasteiger partial charge on any atom is 0.248 e. The van der Waals surface area contributed by atoms with Gasteiger partial charge in [-0.1, -0.05) is 6.58 Å². The molecule has 1 amide bonds. The lowest BCUT2D eigenvalue weighted by atomic mass is 9.93. The van der Waals surface area contributed by atoms with Gasteiger partial charge in [-0.2, -0.15) is 0 Å². The Balaban J connectivity index is 1.75. The summed E-state index contributed by atoms with van der Waals surface area (Å²) in [5.74, 6) is 0.526. The van der Waals surface area contributed by atoms with Crippen LogP contribution in [0.15, 0.2) is 54.9 Å². The number of amides is 1. The molecule has 138 valence electrons. The first-order valence-corrected chi connectivity index (χ1v) is 9.07. The van der Waals surface area contributed by atoms with Gasteiger partial charge in [-0.25, -0.2) is 14.4 Å². The highest BCUT2D eigenvalue weighted by atomic mass is 19.1. The number of imidazole rings is 1. The molecule has 1 unspecified atom stereocenters. The number of hydrogen-bond donors (Lipinski definition) is 0. The van der Waals surface area contributed by atoms with E-state index < -0.39 is 0 Å². The highest BCUT2D eigenvalue weighted by molar-refractivity contribution is 5.92. The number of hydrogen-bond acceptors (Lipinski definition) is 3. The third-order valence-corrected chi connectivity index (χ3v) is 5.07. The first kappa shape index (κ1) is 17.4. The second-order valence-corrected chi connectivity index (χ2v) is 7.03. The molecule has 5 nitrogen and oxygen atoms in total. The molecule has 3 heterocycles. The zero-order valence-electron chi connectivity index (χ0n) is 15.2. The van der Waals surface area contributed by atoms with Crippen LogP contribution in [0.25, 0.3) is 17.0 Å². The van der Waals surface area contributed by atoms with Crippen molar-refractivity contribution in [3.63, 3.8) is 0 Å². The maximum atomic E-state index is 13.3. The highest BCUT2D eigenvalue weighted by Gasteiger charge is 2.27. The molecular weight excluding hydrogens is 343 g/mol. The molecule has 0 saturated carbocycles. The lowest BCUT2D eigenvalue weighted by molar-refractivity contribution is -0.128. The third kappa shape index (κ3) is 3.23. The van der Waals surface area contributed by atoms with E-state index in [1.807, 2.05) is 15.4 Å². The molecule has 1 saturated heterocycles. The molecule has 27 heavy (non-hydrogen) atoms. The normalized spacial score (nSPS) is 17.3. The molecule has 0 bridgehead atoms. The van der Waals surface area contributed by atoms with Crippen molar-refractivity contribution in [3.8, 4) is 11.3 Å². The fourth-order valence-corrected chi connectivity index (χ4v) is 3.76. The molecule has 1 fully saturated rings. The number of carbonyl (C=O) groups is 1. The predicted octanol–water partition coefficient (Wildman–Crippen LogP) is 3.82. The van der Waals surface area contributed by atoms with E-state index in [1.165, 1.54) is 12.1 Å². The second-order valence-electron chi connectivity index (χ2n) is 7.03. The minimum absolute atomic E-state index is 0.00869. The lowest BCUT2D eigenvalue weighted by Crippen LogP contribution is -2.39. The van der Waals surface area contributed by atoms with Gasteiger partial charge in [-0.15, -0.1) is 0 Å². The van der Waals surface area contributed by atoms with Crippen molar-refractivity contribution in [1.82, 2.24) is 19.3 Å². The van der Waals surface area contributed by atoms with Crippen LogP contribution in [0.4, 0.5) is 4.39 Å². The largest absolute Gasteiger partial charge is 0.338 e. The van der Waals surface area contributed by atoms with Gasteiger partial charge in [0.1, 0.15) is 5.82 Å². The molecule has 4 rings (SSSR count). The zero-order valence-corrected chi connectivity index (χ0v) is 15.2. The molecular formula is C21H21FN4O. The molecule has 1 aromatic carbocycles. The van der Waals surface area contributed by atoms with Gasteiger partial charge in [0.25, 0.3) is 0 Å². The Bertz CT molecular complexity index is 1010. The Labute approximate surface area is 157 Å². The number of aromatic nitrogens is 3. The van der Waals surface area contributed by atoms with Crippen molar-refractivity contribution < 1.29 is 9.18 Å². The van der Waals surface area contributed by atoms with Gasteiger partial charge >= 0.3 is 0 Å². The minimum atomic E-state index is -0.271. The van der Waals surface area contributed by atoms with Gasteiger partial charge in [0, 0.05) is 42.0 Å². The summed E-state index contributed by atoms with van der Waals surface area (Å²) < 4.78 is 15.3. The van der Waals surface area contributed by atoms with E-state index in [0.29, 0.717) is 17.9 Å². The fourth-order valence-electron chi connectivity index (χ4n) is 3.76. The second kappa shape index (κ2) is 6.95. The molecule has 0 spiro atoms. The van der Waals surface area contributed by atoms with Crippen LogP contribution in [0.2, 0.25) is 0 Å². The molecule has 2 aromatic heterocycles. The first-order chi connectivity index (χ1) is 13.0. The van der Waals surface area contributed by atoms with Crippen LogP contribution in [0.5, 0.6) is 0 Å². The standard InChI is InChI=1S/C21H21FN4O/c1-14(2)20(27)25-11-3-4-16(13-25)18-9-10-23-21-24-12-19(26(18)21)15-5-7-17(22)8-6-15/h5-10,12,16H,1,3-4,11,13H2,2H3. The average Bonchev–Trinajstić information content (AvgIpc) is 3.12. The van der Waals surface area contributed by atoms with E-state index in [0.717, 1.165) is 36.3 Å². The summed E-state index contributed by atoms with van der Waals surface area (Å²) in [6.07, 6.45) is 5.44. The molecule has 0 N–H and O–H groups in total. The zero-order chi connectivity index (χ0) is 19.0. The van der Waals surface area contributed by atoms with Crippen molar-refractivity contribution in [2.45, 2.75) is 25.7 Å². The summed E-state index contributed by atoms with van der Waals surface area (Å²) in [4.78, 5) is 23.0. The molecule has 0 radical (unpaired) electrons. The van der Waals surface area contributed by atoms with Crippen molar-refractivity contribution in [2.24, 2.45) is 0 Å². The predicted molar refractivity (Wildman–Crippen MR) is 102 cm³/mol. The number of nitrogens with zero attached hydrogens (tertiary/aromatic N) is 4. The molecule has 1 aliphatic rings. The summed E-state index contributed by atoms with van der Waals surface area (Å²) in [6.45, 7) is 6.93. The Kier molecular flexibility index (Phi) is 4.48. The van der Waals surface area contributed by atoms with E-state index in [2.05, 4.69) is 16.5 Å². The van der Waals surface area contributed by atoms with Crippen molar-refractivity contribution >= 4 is 11.7 Å². The molecule has 6 heteroatoms. The van der Waals surface area contributed by atoms with E-state index in [9.17, 15) is 9.18 Å². The summed E-state index contributed by atoms with van der Waals surface area (Å²) in [5, 5.41) is 0. The summed E-state index contributed by atoms with van der Waals surface area (Å²) >= 11 is 0. The Hall–Kier alpha value is -3.02. The van der Waals surface area contributed by atoms with E-state index >= 15 is 0 Å². The number of halogens is 1. The summed E-state index contributed by atoms with van der Waals surface area (Å²) in [5.41, 5.74) is 3.38. The van der Waals surface area contributed by atoms with Crippen LogP contribution < -0.4 is 0 Å². The molecule has 0 aliphatic carbocycles. The Morgan fingerprint density at radius 3 is 2.74 bits per heavy atom. The number of fused-ring (bicyclic) bond motifs is 1. The van der Waals surface area contributed by atoms with Gasteiger partial charge in [0.05, 0.1) is 11.9 Å². The van der Waals surface area contributed by atoms with Gasteiger partial charge in [-0.05, 0) is 50.1 Å². The number of benzene rings is 1. The number of likely N-dealkylation sites (tertiary alicyclic amines) is 1.